The van der Waals surface area contributed by atoms with Crippen LogP contribution in [0.3, 0.4) is 0 Å². The summed E-state index contributed by atoms with van der Waals surface area (Å²) in [6.07, 6.45) is 0.951. The molecule has 0 saturated carbocycles. The van der Waals surface area contributed by atoms with Crippen LogP contribution in [0.25, 0.3) is 0 Å². The lowest BCUT2D eigenvalue weighted by molar-refractivity contribution is 0.361. The molecule has 0 fully saturated rings. The van der Waals surface area contributed by atoms with Crippen LogP contribution in [0.1, 0.15) is 6.92 Å². The van der Waals surface area contributed by atoms with Crippen molar-refractivity contribution in [3.63, 3.8) is 0 Å². The quantitative estimate of drug-likeness (QED) is 0.344. The minimum atomic E-state index is -0.253. The van der Waals surface area contributed by atoms with Crippen molar-refractivity contribution in [1.29, 1.82) is 0 Å². The van der Waals surface area contributed by atoms with Crippen LogP contribution in [-0.4, -0.2) is 27.4 Å². The van der Waals surface area contributed by atoms with Crippen LogP contribution in [-0.2, 0) is 4.43 Å². The van der Waals surface area contributed by atoms with Crippen LogP contribution in [0.15, 0.2) is 0 Å². The summed E-state index contributed by atoms with van der Waals surface area (Å²) in [6, 6.07) is 1.13. The number of rotatable bonds is 5. The molecule has 1 unspecified atom stereocenters. The first-order chi connectivity index (χ1) is 3.91. The second-order valence-electron chi connectivity index (χ2n) is 1.46. The molecule has 0 heterocycles. The SMILES string of the molecule is CCO[SiH2]CCPO. The fourth-order valence-corrected chi connectivity index (χ4v) is 2.10. The highest BCUT2D eigenvalue weighted by Gasteiger charge is 1.85. The Morgan fingerprint density at radius 2 is 2.50 bits per heavy atom. The maximum Gasteiger partial charge on any atom is 0.161 e. The fraction of sp³-hybridized carbons (Fsp3) is 1.00. The van der Waals surface area contributed by atoms with Gasteiger partial charge in [-0.15, -0.1) is 0 Å². The molecule has 0 amide bonds. The first-order valence-corrected chi connectivity index (χ1v) is 5.59. The van der Waals surface area contributed by atoms with E-state index in [2.05, 4.69) is 0 Å². The molecule has 4 heteroatoms. The van der Waals surface area contributed by atoms with Gasteiger partial charge in [-0.3, -0.25) is 0 Å². The summed E-state index contributed by atoms with van der Waals surface area (Å²) in [5.74, 6) is 0. The molecule has 2 nitrogen and oxygen atoms in total. The average Bonchev–Trinajstić information content (AvgIpc) is 1.81. The van der Waals surface area contributed by atoms with Crippen molar-refractivity contribution in [3.05, 3.63) is 0 Å². The molecule has 0 rings (SSSR count). The molecule has 0 spiro atoms. The maximum absolute atomic E-state index is 8.36. The minimum Gasteiger partial charge on any atom is -0.424 e. The molecule has 0 aliphatic rings. The van der Waals surface area contributed by atoms with Gasteiger partial charge >= 0.3 is 0 Å². The monoisotopic (exact) mass is 152 g/mol. The molecule has 0 radical (unpaired) electrons. The highest BCUT2D eigenvalue weighted by molar-refractivity contribution is 7.31. The van der Waals surface area contributed by atoms with E-state index in [1.807, 2.05) is 6.92 Å². The van der Waals surface area contributed by atoms with E-state index >= 15 is 0 Å². The molecule has 1 N–H and O–H groups in total. The van der Waals surface area contributed by atoms with Gasteiger partial charge in [-0.1, -0.05) is 0 Å². The summed E-state index contributed by atoms with van der Waals surface area (Å²) >= 11 is 0. The second-order valence-corrected chi connectivity index (χ2v) is 3.80. The van der Waals surface area contributed by atoms with Gasteiger partial charge < -0.3 is 9.32 Å². The highest BCUT2D eigenvalue weighted by atomic mass is 31.1. The smallest absolute Gasteiger partial charge is 0.161 e. The Bertz CT molecular complexity index is 39.0. The molecular weight excluding hydrogens is 139 g/mol. The van der Waals surface area contributed by atoms with Crippen LogP contribution in [0.2, 0.25) is 6.04 Å². The van der Waals surface area contributed by atoms with E-state index in [4.69, 9.17) is 9.32 Å². The molecular formula is C4H13O2PSi. The van der Waals surface area contributed by atoms with Crippen molar-refractivity contribution in [2.45, 2.75) is 13.0 Å². The third-order valence-electron chi connectivity index (χ3n) is 0.781. The minimum absolute atomic E-state index is 0.124. The zero-order valence-electron chi connectivity index (χ0n) is 5.18. The van der Waals surface area contributed by atoms with Crippen molar-refractivity contribution in [1.82, 2.24) is 0 Å². The Hall–Kier alpha value is 0.567. The average molecular weight is 152 g/mol. The van der Waals surface area contributed by atoms with E-state index in [-0.39, 0.29) is 18.6 Å². The molecule has 1 atom stereocenters. The topological polar surface area (TPSA) is 29.5 Å². The first kappa shape index (κ1) is 8.57. The second kappa shape index (κ2) is 7.57. The predicted molar refractivity (Wildman–Crippen MR) is 40.4 cm³/mol. The van der Waals surface area contributed by atoms with Gasteiger partial charge in [-0.05, 0) is 19.1 Å². The Morgan fingerprint density at radius 1 is 1.75 bits per heavy atom. The van der Waals surface area contributed by atoms with Crippen molar-refractivity contribution >= 4 is 18.6 Å². The van der Waals surface area contributed by atoms with Crippen LogP contribution in [0.4, 0.5) is 0 Å². The summed E-state index contributed by atoms with van der Waals surface area (Å²) in [5.41, 5.74) is 0. The molecule has 8 heavy (non-hydrogen) atoms. The van der Waals surface area contributed by atoms with Crippen molar-refractivity contribution in [2.75, 3.05) is 12.8 Å². The predicted octanol–water partition coefficient (Wildman–Crippen LogP) is 0.111. The van der Waals surface area contributed by atoms with Gasteiger partial charge in [-0.2, -0.15) is 0 Å². The van der Waals surface area contributed by atoms with Crippen LogP contribution >= 0.6 is 8.81 Å². The van der Waals surface area contributed by atoms with Gasteiger partial charge in [0.25, 0.3) is 0 Å². The Labute approximate surface area is 54.4 Å². The Morgan fingerprint density at radius 3 is 3.00 bits per heavy atom. The van der Waals surface area contributed by atoms with Gasteiger partial charge in [0.15, 0.2) is 9.76 Å². The van der Waals surface area contributed by atoms with Crippen LogP contribution < -0.4 is 0 Å². The molecule has 0 aromatic carbocycles. The molecule has 0 saturated heterocycles. The number of hydrogen-bond donors (Lipinski definition) is 1. The third-order valence-corrected chi connectivity index (χ3v) is 3.40. The van der Waals surface area contributed by atoms with Crippen LogP contribution in [0.5, 0.6) is 0 Å². The molecule has 0 aliphatic heterocycles. The lowest BCUT2D eigenvalue weighted by Gasteiger charge is -1.95. The standard InChI is InChI=1S/C4H13O2PSi/c1-2-6-8-4-3-7-5/h5,7H,2-4,8H2,1H3. The summed E-state index contributed by atoms with van der Waals surface area (Å²) in [4.78, 5) is 8.36. The van der Waals surface area contributed by atoms with E-state index in [9.17, 15) is 0 Å². The van der Waals surface area contributed by atoms with Gasteiger partial charge in [0.1, 0.15) is 0 Å². The van der Waals surface area contributed by atoms with Crippen molar-refractivity contribution in [2.24, 2.45) is 0 Å². The molecule has 0 aliphatic carbocycles. The van der Waals surface area contributed by atoms with E-state index in [0.717, 1.165) is 18.8 Å². The normalized spacial score (nSPS) is 12.8. The van der Waals surface area contributed by atoms with Gasteiger partial charge in [0.05, 0.1) is 0 Å². The zero-order chi connectivity index (χ0) is 6.24. The summed E-state index contributed by atoms with van der Waals surface area (Å²) in [6.45, 7) is 2.86. The lowest BCUT2D eigenvalue weighted by Crippen LogP contribution is -1.97. The van der Waals surface area contributed by atoms with Crippen LogP contribution in [0, 0.1) is 0 Å². The summed E-state index contributed by atoms with van der Waals surface area (Å²) in [5, 5.41) is 0. The van der Waals surface area contributed by atoms with Crippen molar-refractivity contribution < 1.29 is 9.32 Å². The third kappa shape index (κ3) is 6.57. The van der Waals surface area contributed by atoms with Gasteiger partial charge in [0.2, 0.25) is 0 Å². The lowest BCUT2D eigenvalue weighted by atomic mass is 10.9. The Kier molecular flexibility index (Phi) is 8.10. The summed E-state index contributed by atoms with van der Waals surface area (Å²) < 4.78 is 5.17. The number of hydrogen-bond acceptors (Lipinski definition) is 2. The fourth-order valence-electron chi connectivity index (χ4n) is 0.398. The first-order valence-electron chi connectivity index (χ1n) is 2.86. The largest absolute Gasteiger partial charge is 0.424 e. The Balaban J connectivity index is 2.53. The zero-order valence-corrected chi connectivity index (χ0v) is 7.60. The van der Waals surface area contributed by atoms with E-state index in [0.29, 0.717) is 0 Å². The highest BCUT2D eigenvalue weighted by Crippen LogP contribution is 2.02. The van der Waals surface area contributed by atoms with E-state index in [1.165, 1.54) is 0 Å². The van der Waals surface area contributed by atoms with Crippen molar-refractivity contribution in [3.8, 4) is 0 Å². The summed E-state index contributed by atoms with van der Waals surface area (Å²) in [7, 11) is -0.129. The van der Waals surface area contributed by atoms with Gasteiger partial charge in [-0.25, -0.2) is 0 Å². The van der Waals surface area contributed by atoms with Gasteiger partial charge in [0, 0.05) is 15.4 Å². The molecule has 50 valence electrons. The molecule has 0 bridgehead atoms. The van der Waals surface area contributed by atoms with E-state index < -0.39 is 0 Å². The maximum atomic E-state index is 8.36. The van der Waals surface area contributed by atoms with E-state index in [1.54, 1.807) is 0 Å². The molecule has 0 aromatic heterocycles. The molecule has 0 aromatic rings.